The maximum Gasteiger partial charge on any atom is 0.0400 e. The van der Waals surface area contributed by atoms with E-state index in [4.69, 9.17) is 0 Å². The molecule has 1 aliphatic heterocycles. The predicted octanol–water partition coefficient (Wildman–Crippen LogP) is 4.05. The Morgan fingerprint density at radius 1 is 0.960 bits per heavy atom. The summed E-state index contributed by atoms with van der Waals surface area (Å²) in [6, 6.07) is 20.3. The molecule has 3 nitrogen and oxygen atoms in total. The minimum Gasteiger partial charge on any atom is -0.381 e. The molecule has 0 unspecified atom stereocenters. The number of hydrogen-bond acceptors (Lipinski definition) is 3. The van der Waals surface area contributed by atoms with Crippen LogP contribution in [0.25, 0.3) is 0 Å². The molecule has 1 saturated heterocycles. The van der Waals surface area contributed by atoms with E-state index in [-0.39, 0.29) is 0 Å². The summed E-state index contributed by atoms with van der Waals surface area (Å²) in [7, 11) is 0. The van der Waals surface area contributed by atoms with Gasteiger partial charge in [-0.1, -0.05) is 55.3 Å². The lowest BCUT2D eigenvalue weighted by atomic mass is 9.98. The van der Waals surface area contributed by atoms with E-state index in [1.807, 2.05) is 0 Å². The molecule has 25 heavy (non-hydrogen) atoms. The summed E-state index contributed by atoms with van der Waals surface area (Å²) in [5.41, 5.74) is 4.01. The van der Waals surface area contributed by atoms with Crippen LogP contribution in [-0.4, -0.2) is 31.1 Å². The average Bonchev–Trinajstić information content (AvgIpc) is 3.51. The van der Waals surface area contributed by atoms with Gasteiger partial charge in [0, 0.05) is 44.5 Å². The fraction of sp³-hybridized carbons (Fsp3) is 0.455. The molecule has 1 atom stereocenters. The molecule has 1 heterocycles. The van der Waals surface area contributed by atoms with Crippen molar-refractivity contribution < 1.29 is 0 Å². The van der Waals surface area contributed by atoms with Crippen LogP contribution in [0.5, 0.6) is 0 Å². The first-order valence-electron chi connectivity index (χ1n) is 9.71. The normalized spacial score (nSPS) is 19.5. The van der Waals surface area contributed by atoms with E-state index in [1.54, 1.807) is 0 Å². The Bertz CT molecular complexity index is 643. The van der Waals surface area contributed by atoms with Crippen molar-refractivity contribution in [2.45, 2.75) is 31.8 Å². The molecule has 2 aromatic rings. The summed E-state index contributed by atoms with van der Waals surface area (Å²) < 4.78 is 0. The average molecular weight is 335 g/mol. The Kier molecular flexibility index (Phi) is 5.34. The van der Waals surface area contributed by atoms with Crippen LogP contribution in [0, 0.1) is 5.92 Å². The summed E-state index contributed by atoms with van der Waals surface area (Å²) in [5.74, 6) is 0.954. The van der Waals surface area contributed by atoms with Gasteiger partial charge in [-0.2, -0.15) is 0 Å². The Morgan fingerprint density at radius 2 is 1.68 bits per heavy atom. The van der Waals surface area contributed by atoms with Gasteiger partial charge >= 0.3 is 0 Å². The molecule has 2 aromatic carbocycles. The molecule has 0 radical (unpaired) electrons. The van der Waals surface area contributed by atoms with E-state index < -0.39 is 0 Å². The lowest BCUT2D eigenvalue weighted by molar-refractivity contribution is 0.160. The van der Waals surface area contributed by atoms with E-state index in [2.05, 4.69) is 70.1 Å². The number of anilines is 1. The van der Waals surface area contributed by atoms with Crippen LogP contribution in [0.15, 0.2) is 54.6 Å². The zero-order valence-electron chi connectivity index (χ0n) is 15.0. The Hall–Kier alpha value is -1.84. The van der Waals surface area contributed by atoms with Crippen molar-refractivity contribution in [3.8, 4) is 0 Å². The molecule has 0 spiro atoms. The highest BCUT2D eigenvalue weighted by atomic mass is 15.2. The zero-order chi connectivity index (χ0) is 16.9. The van der Waals surface area contributed by atoms with Crippen LogP contribution in [0.4, 0.5) is 5.69 Å². The van der Waals surface area contributed by atoms with Crippen molar-refractivity contribution in [2.24, 2.45) is 5.92 Å². The number of rotatable bonds is 7. The molecule has 0 bridgehead atoms. The van der Waals surface area contributed by atoms with Crippen molar-refractivity contribution in [3.05, 3.63) is 65.7 Å². The minimum atomic E-state index is 0.595. The lowest BCUT2D eigenvalue weighted by Crippen LogP contribution is -2.45. The Balaban J connectivity index is 1.41. The minimum absolute atomic E-state index is 0.595. The number of benzene rings is 2. The first kappa shape index (κ1) is 16.6. The summed E-state index contributed by atoms with van der Waals surface area (Å²) in [5, 5.41) is 7.02. The van der Waals surface area contributed by atoms with E-state index >= 15 is 0 Å². The second-order valence-corrected chi connectivity index (χ2v) is 7.44. The second-order valence-electron chi connectivity index (χ2n) is 7.44. The number of nitrogens with zero attached hydrogens (tertiary/aromatic N) is 1. The third kappa shape index (κ3) is 4.62. The fourth-order valence-electron chi connectivity index (χ4n) is 3.78. The van der Waals surface area contributed by atoms with Gasteiger partial charge in [-0.05, 0) is 35.6 Å². The SMILES string of the molecule is c1ccc(CNc2ccc([C@H](CC3CC3)N3CCNCC3)cc2)cc1. The first-order valence-corrected chi connectivity index (χ1v) is 9.71. The third-order valence-corrected chi connectivity index (χ3v) is 5.48. The zero-order valence-corrected chi connectivity index (χ0v) is 15.0. The van der Waals surface area contributed by atoms with Crippen molar-refractivity contribution in [1.82, 2.24) is 10.2 Å². The Morgan fingerprint density at radius 3 is 2.36 bits per heavy atom. The van der Waals surface area contributed by atoms with E-state index in [9.17, 15) is 0 Å². The van der Waals surface area contributed by atoms with E-state index in [0.29, 0.717) is 6.04 Å². The molecule has 3 heteroatoms. The summed E-state index contributed by atoms with van der Waals surface area (Å²) in [4.78, 5) is 2.68. The molecule has 0 amide bonds. The maximum atomic E-state index is 3.54. The number of hydrogen-bond donors (Lipinski definition) is 2. The van der Waals surface area contributed by atoms with Crippen molar-refractivity contribution in [1.29, 1.82) is 0 Å². The molecule has 2 aliphatic rings. The van der Waals surface area contributed by atoms with Crippen LogP contribution in [-0.2, 0) is 6.54 Å². The monoisotopic (exact) mass is 335 g/mol. The number of nitrogens with one attached hydrogen (secondary N) is 2. The highest BCUT2D eigenvalue weighted by Crippen LogP contribution is 2.40. The van der Waals surface area contributed by atoms with Crippen LogP contribution >= 0.6 is 0 Å². The molecule has 1 aliphatic carbocycles. The fourth-order valence-corrected chi connectivity index (χ4v) is 3.78. The van der Waals surface area contributed by atoms with Crippen LogP contribution < -0.4 is 10.6 Å². The summed E-state index contributed by atoms with van der Waals surface area (Å²) in [6.07, 6.45) is 4.19. The van der Waals surface area contributed by atoms with Gasteiger partial charge in [-0.3, -0.25) is 4.90 Å². The van der Waals surface area contributed by atoms with Gasteiger partial charge in [0.1, 0.15) is 0 Å². The largest absolute Gasteiger partial charge is 0.381 e. The van der Waals surface area contributed by atoms with Crippen LogP contribution in [0.1, 0.15) is 36.4 Å². The van der Waals surface area contributed by atoms with Crippen LogP contribution in [0.3, 0.4) is 0 Å². The summed E-state index contributed by atoms with van der Waals surface area (Å²) >= 11 is 0. The summed E-state index contributed by atoms with van der Waals surface area (Å²) in [6.45, 7) is 5.47. The van der Waals surface area contributed by atoms with Crippen LogP contribution in [0.2, 0.25) is 0 Å². The maximum absolute atomic E-state index is 3.54. The van der Waals surface area contributed by atoms with Gasteiger partial charge in [-0.25, -0.2) is 0 Å². The molecule has 132 valence electrons. The van der Waals surface area contributed by atoms with Gasteiger partial charge in [-0.15, -0.1) is 0 Å². The molecule has 2 fully saturated rings. The topological polar surface area (TPSA) is 27.3 Å². The highest BCUT2D eigenvalue weighted by Gasteiger charge is 2.30. The third-order valence-electron chi connectivity index (χ3n) is 5.48. The quantitative estimate of drug-likeness (QED) is 0.799. The first-order chi connectivity index (χ1) is 12.4. The van der Waals surface area contributed by atoms with Gasteiger partial charge in [0.2, 0.25) is 0 Å². The lowest BCUT2D eigenvalue weighted by Gasteiger charge is -2.35. The standard InChI is InChI=1S/C22H29N3/c1-2-4-19(5-3-1)17-24-21-10-8-20(9-11-21)22(16-18-6-7-18)25-14-12-23-13-15-25/h1-5,8-11,18,22-24H,6-7,12-17H2/t22-/m0/s1. The van der Waals surface area contributed by atoms with Crippen molar-refractivity contribution >= 4 is 5.69 Å². The van der Waals surface area contributed by atoms with Crippen molar-refractivity contribution in [3.63, 3.8) is 0 Å². The van der Waals surface area contributed by atoms with Gasteiger partial charge in [0.25, 0.3) is 0 Å². The smallest absolute Gasteiger partial charge is 0.0400 e. The second kappa shape index (κ2) is 8.03. The van der Waals surface area contributed by atoms with Gasteiger partial charge in [0.15, 0.2) is 0 Å². The van der Waals surface area contributed by atoms with E-state index in [1.165, 1.54) is 49.2 Å². The van der Waals surface area contributed by atoms with E-state index in [0.717, 1.165) is 25.6 Å². The molecule has 4 rings (SSSR count). The van der Waals surface area contributed by atoms with Gasteiger partial charge < -0.3 is 10.6 Å². The Labute approximate surface area is 151 Å². The molecule has 1 saturated carbocycles. The molecule has 0 aromatic heterocycles. The molecular formula is C22H29N3. The van der Waals surface area contributed by atoms with Crippen molar-refractivity contribution in [2.75, 3.05) is 31.5 Å². The molecular weight excluding hydrogens is 306 g/mol. The predicted molar refractivity (Wildman–Crippen MR) is 105 cm³/mol. The highest BCUT2D eigenvalue weighted by molar-refractivity contribution is 5.45. The van der Waals surface area contributed by atoms with Gasteiger partial charge in [0.05, 0.1) is 0 Å². The number of piperazine rings is 1. The molecule has 2 N–H and O–H groups in total.